The van der Waals surface area contributed by atoms with Crippen LogP contribution >= 0.6 is 11.6 Å². The third-order valence-corrected chi connectivity index (χ3v) is 5.91. The maximum atomic E-state index is 13.3. The molecule has 0 bridgehead atoms. The number of benzene rings is 1. The Labute approximate surface area is 195 Å². The number of carbonyl (C=O) groups excluding carboxylic acids is 1. The molecule has 1 fully saturated rings. The molecule has 180 valence electrons. The number of anilines is 3. The van der Waals surface area contributed by atoms with E-state index in [0.717, 1.165) is 12.8 Å². The van der Waals surface area contributed by atoms with E-state index in [1.54, 1.807) is 0 Å². The lowest BCUT2D eigenvalue weighted by molar-refractivity contribution is -0.137. The Hall–Kier alpha value is -2.75. The number of likely N-dealkylation sites (tertiary alicyclic amines) is 1. The molecule has 1 saturated heterocycles. The summed E-state index contributed by atoms with van der Waals surface area (Å²) in [5.74, 6) is 0.421. The zero-order chi connectivity index (χ0) is 24.3. The molecule has 1 aromatic carbocycles. The van der Waals surface area contributed by atoms with Crippen molar-refractivity contribution >= 4 is 35.0 Å². The first-order valence-electron chi connectivity index (χ1n) is 10.6. The topological polar surface area (TPSA) is 79.4 Å². The van der Waals surface area contributed by atoms with Gasteiger partial charge in [0, 0.05) is 32.4 Å². The van der Waals surface area contributed by atoms with Gasteiger partial charge in [-0.25, -0.2) is 4.98 Å². The van der Waals surface area contributed by atoms with E-state index in [2.05, 4.69) is 34.4 Å². The van der Waals surface area contributed by atoms with Gasteiger partial charge in [0.15, 0.2) is 0 Å². The number of hydrogen-bond donors (Lipinski definition) is 2. The lowest BCUT2D eigenvalue weighted by Crippen LogP contribution is -2.36. The van der Waals surface area contributed by atoms with Crippen LogP contribution in [0.5, 0.6) is 5.75 Å². The molecule has 1 aromatic heterocycles. The Morgan fingerprint density at radius 3 is 2.39 bits per heavy atom. The fourth-order valence-corrected chi connectivity index (χ4v) is 4.07. The third-order valence-electron chi connectivity index (χ3n) is 5.60. The van der Waals surface area contributed by atoms with Crippen molar-refractivity contribution < 1.29 is 22.7 Å². The highest BCUT2D eigenvalue weighted by molar-refractivity contribution is 6.33. The van der Waals surface area contributed by atoms with Gasteiger partial charge < -0.3 is 20.3 Å². The van der Waals surface area contributed by atoms with E-state index in [9.17, 15) is 18.0 Å². The molecule has 2 atom stereocenters. The quantitative estimate of drug-likeness (QED) is 0.586. The molecule has 2 aromatic rings. The molecule has 11 heteroatoms. The van der Waals surface area contributed by atoms with Crippen molar-refractivity contribution in [1.29, 1.82) is 0 Å². The van der Waals surface area contributed by atoms with E-state index in [1.807, 2.05) is 4.90 Å². The SMILES string of the molecule is CNc1nc(Nc2cc(OC)c(C(=O)N3CC(C)CCC(C)C3)cc2Cl)ncc1C(F)(F)F. The van der Waals surface area contributed by atoms with Crippen LogP contribution in [0, 0.1) is 11.8 Å². The summed E-state index contributed by atoms with van der Waals surface area (Å²) < 4.78 is 44.7. The third kappa shape index (κ3) is 5.79. The number of nitrogens with one attached hydrogen (secondary N) is 2. The molecule has 0 radical (unpaired) electrons. The monoisotopic (exact) mass is 485 g/mol. The van der Waals surface area contributed by atoms with Crippen molar-refractivity contribution in [2.24, 2.45) is 11.8 Å². The van der Waals surface area contributed by atoms with E-state index in [1.165, 1.54) is 26.3 Å². The Morgan fingerprint density at radius 1 is 1.21 bits per heavy atom. The molecule has 2 N–H and O–H groups in total. The summed E-state index contributed by atoms with van der Waals surface area (Å²) in [5, 5.41) is 5.41. The number of alkyl halides is 3. The number of rotatable bonds is 5. The largest absolute Gasteiger partial charge is 0.496 e. The van der Waals surface area contributed by atoms with Gasteiger partial charge >= 0.3 is 6.18 Å². The van der Waals surface area contributed by atoms with Gasteiger partial charge in [-0.05, 0) is 30.7 Å². The molecule has 1 aliphatic rings. The van der Waals surface area contributed by atoms with Crippen LogP contribution in [-0.2, 0) is 6.18 Å². The molecule has 2 unspecified atom stereocenters. The van der Waals surface area contributed by atoms with Gasteiger partial charge in [0.25, 0.3) is 5.91 Å². The van der Waals surface area contributed by atoms with Crippen LogP contribution in [-0.4, -0.2) is 48.0 Å². The lowest BCUT2D eigenvalue weighted by atomic mass is 10.0. The normalized spacial score (nSPS) is 19.1. The number of halogens is 4. The van der Waals surface area contributed by atoms with Crippen LogP contribution in [0.2, 0.25) is 5.02 Å². The Balaban J connectivity index is 1.90. The van der Waals surface area contributed by atoms with Crippen molar-refractivity contribution in [1.82, 2.24) is 14.9 Å². The second-order valence-corrected chi connectivity index (χ2v) is 8.77. The highest BCUT2D eigenvalue weighted by Crippen LogP contribution is 2.36. The van der Waals surface area contributed by atoms with Crippen LogP contribution in [0.1, 0.15) is 42.6 Å². The summed E-state index contributed by atoms with van der Waals surface area (Å²) in [6.07, 6.45) is -1.78. The fraction of sp³-hybridized carbons (Fsp3) is 0.500. The smallest absolute Gasteiger partial charge is 0.421 e. The minimum absolute atomic E-state index is 0.0921. The molecule has 7 nitrogen and oxygen atoms in total. The average molecular weight is 486 g/mol. The predicted octanol–water partition coefficient (Wildman–Crippen LogP) is 5.45. The molecule has 33 heavy (non-hydrogen) atoms. The first-order chi connectivity index (χ1) is 15.5. The van der Waals surface area contributed by atoms with Crippen LogP contribution in [0.25, 0.3) is 0 Å². The first kappa shape index (κ1) is 24.9. The number of aromatic nitrogens is 2. The van der Waals surface area contributed by atoms with Crippen molar-refractivity contribution in [3.8, 4) is 5.75 Å². The Morgan fingerprint density at radius 2 is 1.85 bits per heavy atom. The van der Waals surface area contributed by atoms with E-state index in [-0.39, 0.29) is 28.4 Å². The second kappa shape index (κ2) is 10.0. The van der Waals surface area contributed by atoms with Crippen molar-refractivity contribution in [2.45, 2.75) is 32.9 Å². The molecule has 1 aliphatic heterocycles. The molecule has 3 rings (SSSR count). The second-order valence-electron chi connectivity index (χ2n) is 8.36. The standard InChI is InChI=1S/C22H27ClF3N5O2/c1-12-5-6-13(2)11-31(10-12)20(32)14-7-16(23)17(8-18(14)33-4)29-21-28-9-15(22(24,25)26)19(27-3)30-21/h7-9,12-13H,5-6,10-11H2,1-4H3,(H2,27,28,29,30). The van der Waals surface area contributed by atoms with Gasteiger partial charge in [-0.1, -0.05) is 25.4 Å². The minimum Gasteiger partial charge on any atom is -0.496 e. The lowest BCUT2D eigenvalue weighted by Gasteiger charge is -2.25. The summed E-state index contributed by atoms with van der Waals surface area (Å²) in [6.45, 7) is 5.55. The van der Waals surface area contributed by atoms with E-state index in [4.69, 9.17) is 16.3 Å². The molecule has 2 heterocycles. The van der Waals surface area contributed by atoms with E-state index in [0.29, 0.717) is 42.4 Å². The van der Waals surface area contributed by atoms with Gasteiger partial charge in [-0.2, -0.15) is 18.2 Å². The van der Waals surface area contributed by atoms with Crippen LogP contribution in [0.15, 0.2) is 18.3 Å². The van der Waals surface area contributed by atoms with Gasteiger partial charge in [0.05, 0.1) is 23.4 Å². The summed E-state index contributed by atoms with van der Waals surface area (Å²) in [5.41, 5.74) is -0.371. The minimum atomic E-state index is -4.60. The highest BCUT2D eigenvalue weighted by Gasteiger charge is 2.35. The maximum Gasteiger partial charge on any atom is 0.421 e. The summed E-state index contributed by atoms with van der Waals surface area (Å²) in [7, 11) is 2.77. The van der Waals surface area contributed by atoms with Crippen LogP contribution < -0.4 is 15.4 Å². The first-order valence-corrected chi connectivity index (χ1v) is 11.0. The average Bonchev–Trinajstić information content (AvgIpc) is 2.93. The van der Waals surface area contributed by atoms with Crippen molar-refractivity contribution in [3.63, 3.8) is 0 Å². The number of nitrogens with zero attached hydrogens (tertiary/aromatic N) is 3. The van der Waals surface area contributed by atoms with E-state index >= 15 is 0 Å². The molecular weight excluding hydrogens is 459 g/mol. The number of hydrogen-bond acceptors (Lipinski definition) is 6. The van der Waals surface area contributed by atoms with Crippen LogP contribution in [0.3, 0.4) is 0 Å². The van der Waals surface area contributed by atoms with Gasteiger partial charge in [-0.15, -0.1) is 0 Å². The summed E-state index contributed by atoms with van der Waals surface area (Å²) in [4.78, 5) is 22.7. The summed E-state index contributed by atoms with van der Waals surface area (Å²) in [6, 6.07) is 3.01. The highest BCUT2D eigenvalue weighted by atomic mass is 35.5. The molecule has 0 saturated carbocycles. The molecule has 0 aliphatic carbocycles. The number of methoxy groups -OCH3 is 1. The van der Waals surface area contributed by atoms with Gasteiger partial charge in [0.1, 0.15) is 17.1 Å². The Bertz CT molecular complexity index is 1010. The predicted molar refractivity (Wildman–Crippen MR) is 121 cm³/mol. The zero-order valence-electron chi connectivity index (χ0n) is 18.9. The zero-order valence-corrected chi connectivity index (χ0v) is 19.6. The Kier molecular flexibility index (Phi) is 7.56. The number of ether oxygens (including phenoxy) is 1. The van der Waals surface area contributed by atoms with Gasteiger partial charge in [0.2, 0.25) is 5.95 Å². The number of amides is 1. The van der Waals surface area contributed by atoms with Crippen molar-refractivity contribution in [2.75, 3.05) is 37.9 Å². The molecule has 1 amide bonds. The van der Waals surface area contributed by atoms with Gasteiger partial charge in [-0.3, -0.25) is 4.79 Å². The van der Waals surface area contributed by atoms with Crippen LogP contribution in [0.4, 0.5) is 30.6 Å². The molecular formula is C22H27ClF3N5O2. The van der Waals surface area contributed by atoms with Crippen molar-refractivity contribution in [3.05, 3.63) is 34.5 Å². The maximum absolute atomic E-state index is 13.3. The van der Waals surface area contributed by atoms with E-state index < -0.39 is 11.7 Å². The fourth-order valence-electron chi connectivity index (χ4n) is 3.86. The number of carbonyl (C=O) groups is 1. The summed E-state index contributed by atoms with van der Waals surface area (Å²) >= 11 is 6.42. The molecule has 0 spiro atoms.